The molecule has 1 saturated heterocycles. The Kier molecular flexibility index (Phi) is 4.26. The van der Waals surface area contributed by atoms with Crippen molar-refractivity contribution in [3.8, 4) is 0 Å². The number of fused-ring (bicyclic) bond motifs is 1. The van der Waals surface area contributed by atoms with E-state index in [4.69, 9.17) is 4.74 Å². The lowest BCUT2D eigenvalue weighted by Gasteiger charge is -2.27. The molecule has 3 rings (SSSR count). The molecule has 2 heterocycles. The summed E-state index contributed by atoms with van der Waals surface area (Å²) in [4.78, 5) is 39.5. The summed E-state index contributed by atoms with van der Waals surface area (Å²) >= 11 is 3.29. The normalized spacial score (nSPS) is 17.9. The number of hydrogen-bond donors (Lipinski definition) is 0. The fourth-order valence-electron chi connectivity index (χ4n) is 2.64. The van der Waals surface area contributed by atoms with Crippen molar-refractivity contribution in [2.45, 2.75) is 6.42 Å². The molecule has 0 saturated carbocycles. The molecule has 1 fully saturated rings. The Labute approximate surface area is 136 Å². The van der Waals surface area contributed by atoms with E-state index >= 15 is 0 Å². The highest BCUT2D eigenvalue weighted by Crippen LogP contribution is 2.26. The molecule has 0 N–H and O–H groups in total. The van der Waals surface area contributed by atoms with Crippen LogP contribution in [0, 0.1) is 0 Å². The van der Waals surface area contributed by atoms with Gasteiger partial charge in [0.25, 0.3) is 11.8 Å². The van der Waals surface area contributed by atoms with E-state index in [1.54, 1.807) is 23.1 Å². The third-order valence-corrected chi connectivity index (χ3v) is 4.34. The number of rotatable bonds is 3. The number of benzene rings is 1. The zero-order valence-electron chi connectivity index (χ0n) is 11.9. The molecular weight excluding hydrogens is 352 g/mol. The lowest BCUT2D eigenvalue weighted by molar-refractivity contribution is -0.135. The number of nitrogens with zero attached hydrogens (tertiary/aromatic N) is 2. The summed E-state index contributed by atoms with van der Waals surface area (Å²) in [6.07, 6.45) is 0.145. The van der Waals surface area contributed by atoms with Crippen molar-refractivity contribution in [2.24, 2.45) is 0 Å². The summed E-state index contributed by atoms with van der Waals surface area (Å²) in [5.41, 5.74) is 0.783. The highest BCUT2D eigenvalue weighted by Gasteiger charge is 2.35. The van der Waals surface area contributed by atoms with Crippen LogP contribution in [0.3, 0.4) is 0 Å². The van der Waals surface area contributed by atoms with Gasteiger partial charge in [-0.05, 0) is 18.2 Å². The van der Waals surface area contributed by atoms with E-state index in [9.17, 15) is 14.4 Å². The van der Waals surface area contributed by atoms with Crippen LogP contribution in [-0.4, -0.2) is 60.4 Å². The minimum absolute atomic E-state index is 0.0546. The van der Waals surface area contributed by atoms with Gasteiger partial charge in [-0.15, -0.1) is 0 Å². The molecule has 0 radical (unpaired) electrons. The molecule has 0 atom stereocenters. The number of carbonyl (C=O) groups is 3. The maximum Gasteiger partial charge on any atom is 0.261 e. The van der Waals surface area contributed by atoms with Crippen molar-refractivity contribution in [3.05, 3.63) is 33.8 Å². The van der Waals surface area contributed by atoms with Gasteiger partial charge in [-0.3, -0.25) is 19.3 Å². The van der Waals surface area contributed by atoms with Gasteiger partial charge in [0.15, 0.2) is 0 Å². The Bertz CT molecular complexity index is 640. The van der Waals surface area contributed by atoms with Crippen LogP contribution in [-0.2, 0) is 9.53 Å². The van der Waals surface area contributed by atoms with Crippen molar-refractivity contribution in [1.29, 1.82) is 0 Å². The summed E-state index contributed by atoms with van der Waals surface area (Å²) < 4.78 is 5.95. The first-order chi connectivity index (χ1) is 10.6. The van der Waals surface area contributed by atoms with Crippen LogP contribution < -0.4 is 0 Å². The molecule has 0 aromatic heterocycles. The van der Waals surface area contributed by atoms with Gasteiger partial charge < -0.3 is 9.64 Å². The molecular formula is C15H15BrN2O4. The number of hydrogen-bond acceptors (Lipinski definition) is 4. The van der Waals surface area contributed by atoms with Gasteiger partial charge in [-0.1, -0.05) is 15.9 Å². The van der Waals surface area contributed by atoms with Gasteiger partial charge in [-0.2, -0.15) is 0 Å². The van der Waals surface area contributed by atoms with Crippen molar-refractivity contribution >= 4 is 33.7 Å². The summed E-state index contributed by atoms with van der Waals surface area (Å²) in [6, 6.07) is 5.00. The Hall–Kier alpha value is -1.73. The van der Waals surface area contributed by atoms with E-state index < -0.39 is 0 Å². The summed E-state index contributed by atoms with van der Waals surface area (Å²) in [6.45, 7) is 2.31. The Balaban J connectivity index is 1.65. The Morgan fingerprint density at radius 3 is 2.55 bits per heavy atom. The Morgan fingerprint density at radius 2 is 1.82 bits per heavy atom. The van der Waals surface area contributed by atoms with Crippen LogP contribution >= 0.6 is 15.9 Å². The molecule has 0 unspecified atom stereocenters. The van der Waals surface area contributed by atoms with Gasteiger partial charge in [0.1, 0.15) is 0 Å². The van der Waals surface area contributed by atoms with Crippen LogP contribution in [0.5, 0.6) is 0 Å². The highest BCUT2D eigenvalue weighted by molar-refractivity contribution is 9.10. The summed E-state index contributed by atoms with van der Waals surface area (Å²) in [5.74, 6) is -0.723. The smallest absolute Gasteiger partial charge is 0.261 e. The predicted octanol–water partition coefficient (Wildman–Crippen LogP) is 1.29. The SMILES string of the molecule is O=C(CCN1C(=O)c2ccc(Br)cc2C1=O)N1CCOCC1. The molecule has 1 aromatic rings. The summed E-state index contributed by atoms with van der Waals surface area (Å²) in [7, 11) is 0. The van der Waals surface area contributed by atoms with Gasteiger partial charge in [0, 0.05) is 30.5 Å². The molecule has 3 amide bonds. The molecule has 22 heavy (non-hydrogen) atoms. The molecule has 1 aromatic carbocycles. The van der Waals surface area contributed by atoms with E-state index in [1.807, 2.05) is 0 Å². The third-order valence-electron chi connectivity index (χ3n) is 3.85. The van der Waals surface area contributed by atoms with Crippen LogP contribution in [0.4, 0.5) is 0 Å². The fourth-order valence-corrected chi connectivity index (χ4v) is 3.01. The number of carbonyl (C=O) groups excluding carboxylic acids is 3. The number of morpholine rings is 1. The zero-order valence-corrected chi connectivity index (χ0v) is 13.5. The van der Waals surface area contributed by atoms with Crippen LogP contribution in [0.2, 0.25) is 0 Å². The lowest BCUT2D eigenvalue weighted by atomic mass is 10.1. The van der Waals surface area contributed by atoms with E-state index in [1.165, 1.54) is 0 Å². The molecule has 0 spiro atoms. The molecule has 0 aliphatic carbocycles. The molecule has 6 nitrogen and oxygen atoms in total. The molecule has 2 aliphatic rings. The minimum atomic E-state index is -0.337. The Morgan fingerprint density at radius 1 is 1.14 bits per heavy atom. The highest BCUT2D eigenvalue weighted by atomic mass is 79.9. The minimum Gasteiger partial charge on any atom is -0.378 e. The van der Waals surface area contributed by atoms with Gasteiger partial charge in [0.2, 0.25) is 5.91 Å². The zero-order chi connectivity index (χ0) is 15.7. The van der Waals surface area contributed by atoms with E-state index in [2.05, 4.69) is 15.9 Å². The second kappa shape index (κ2) is 6.18. The topological polar surface area (TPSA) is 66.9 Å². The standard InChI is InChI=1S/C15H15BrN2O4/c16-10-1-2-11-12(9-10)15(21)18(14(11)20)4-3-13(19)17-5-7-22-8-6-17/h1-2,9H,3-8H2. The maximum absolute atomic E-state index is 12.3. The van der Waals surface area contributed by atoms with Crippen LogP contribution in [0.1, 0.15) is 27.1 Å². The number of halogens is 1. The average Bonchev–Trinajstić information content (AvgIpc) is 2.77. The fraction of sp³-hybridized carbons (Fsp3) is 0.400. The van der Waals surface area contributed by atoms with Crippen molar-refractivity contribution in [3.63, 3.8) is 0 Å². The number of imide groups is 1. The monoisotopic (exact) mass is 366 g/mol. The lowest BCUT2D eigenvalue weighted by Crippen LogP contribution is -2.42. The maximum atomic E-state index is 12.3. The van der Waals surface area contributed by atoms with Gasteiger partial charge >= 0.3 is 0 Å². The molecule has 7 heteroatoms. The van der Waals surface area contributed by atoms with Crippen molar-refractivity contribution in [2.75, 3.05) is 32.8 Å². The third kappa shape index (κ3) is 2.78. The quantitative estimate of drug-likeness (QED) is 0.756. The number of ether oxygens (including phenoxy) is 1. The molecule has 2 aliphatic heterocycles. The van der Waals surface area contributed by atoms with Gasteiger partial charge in [-0.25, -0.2) is 0 Å². The number of amides is 3. The molecule has 116 valence electrons. The van der Waals surface area contributed by atoms with Gasteiger partial charge in [0.05, 0.1) is 24.3 Å². The molecule has 0 bridgehead atoms. The second-order valence-corrected chi connectivity index (χ2v) is 6.11. The first-order valence-corrected chi connectivity index (χ1v) is 7.88. The van der Waals surface area contributed by atoms with Crippen molar-refractivity contribution < 1.29 is 19.1 Å². The summed E-state index contributed by atoms with van der Waals surface area (Å²) in [5, 5.41) is 0. The first kappa shape index (κ1) is 15.2. The van der Waals surface area contributed by atoms with Crippen molar-refractivity contribution in [1.82, 2.24) is 9.80 Å². The van der Waals surface area contributed by atoms with E-state index in [-0.39, 0.29) is 30.7 Å². The van der Waals surface area contributed by atoms with Crippen LogP contribution in [0.15, 0.2) is 22.7 Å². The first-order valence-electron chi connectivity index (χ1n) is 7.09. The van der Waals surface area contributed by atoms with E-state index in [0.29, 0.717) is 37.4 Å². The predicted molar refractivity (Wildman–Crippen MR) is 81.5 cm³/mol. The van der Waals surface area contributed by atoms with Crippen LogP contribution in [0.25, 0.3) is 0 Å². The van der Waals surface area contributed by atoms with E-state index in [0.717, 1.165) is 9.37 Å². The largest absolute Gasteiger partial charge is 0.378 e. The second-order valence-electron chi connectivity index (χ2n) is 5.20. The average molecular weight is 367 g/mol.